The number of methoxy groups -OCH3 is 1. The van der Waals surface area contributed by atoms with E-state index in [0.717, 1.165) is 5.75 Å². The second kappa shape index (κ2) is 8.58. The molecule has 2 rings (SSSR count). The Balaban J connectivity index is 0.00000264. The lowest BCUT2D eigenvalue weighted by atomic mass is 10.1. The fourth-order valence-electron chi connectivity index (χ4n) is 1.81. The van der Waals surface area contributed by atoms with Gasteiger partial charge in [-0.1, -0.05) is 7.43 Å². The largest absolute Gasteiger partial charge is 0.497 e. The number of Topliss-reactive ketones (excluding diaryl/α,β-unsaturated/α-hetero) is 1. The van der Waals surface area contributed by atoms with E-state index in [1.54, 1.807) is 55.6 Å². The van der Waals surface area contributed by atoms with Gasteiger partial charge in [-0.25, -0.2) is 0 Å². The van der Waals surface area contributed by atoms with Gasteiger partial charge in [-0.05, 0) is 55.5 Å². The lowest BCUT2D eigenvalue weighted by molar-refractivity contribution is -0.118. The number of carbonyl (C=O) groups excluding carboxylic acids is 2. The molecule has 0 unspecified atom stereocenters. The molecule has 0 saturated carbocycles. The van der Waals surface area contributed by atoms with Gasteiger partial charge in [-0.2, -0.15) is 0 Å². The maximum atomic E-state index is 11.8. The van der Waals surface area contributed by atoms with E-state index in [4.69, 9.17) is 9.47 Å². The van der Waals surface area contributed by atoms with Crippen LogP contribution in [-0.4, -0.2) is 25.4 Å². The van der Waals surface area contributed by atoms with Gasteiger partial charge in [0.1, 0.15) is 11.5 Å². The summed E-state index contributed by atoms with van der Waals surface area (Å²) in [6.45, 7) is 1.40. The van der Waals surface area contributed by atoms with Crippen molar-refractivity contribution in [3.8, 4) is 11.5 Å². The Labute approximate surface area is 136 Å². The van der Waals surface area contributed by atoms with Gasteiger partial charge in [-0.15, -0.1) is 0 Å². The Hall–Kier alpha value is -2.82. The van der Waals surface area contributed by atoms with Gasteiger partial charge in [0.15, 0.2) is 12.4 Å². The van der Waals surface area contributed by atoms with E-state index in [1.807, 2.05) is 0 Å². The van der Waals surface area contributed by atoms with Gasteiger partial charge in [0.05, 0.1) is 7.11 Å². The molecule has 0 spiro atoms. The summed E-state index contributed by atoms with van der Waals surface area (Å²) in [4.78, 5) is 23.0. The van der Waals surface area contributed by atoms with Crippen LogP contribution >= 0.6 is 0 Å². The number of hydrogen-bond acceptors (Lipinski definition) is 4. The highest BCUT2D eigenvalue weighted by Crippen LogP contribution is 2.17. The number of ether oxygens (including phenoxy) is 2. The van der Waals surface area contributed by atoms with Gasteiger partial charge in [-0.3, -0.25) is 9.59 Å². The molecule has 0 aliphatic heterocycles. The minimum atomic E-state index is -0.272. The molecular formula is C18H21NO4. The molecule has 0 bridgehead atoms. The molecule has 1 amide bonds. The molecule has 0 aliphatic carbocycles. The number of ketones is 1. The molecule has 23 heavy (non-hydrogen) atoms. The topological polar surface area (TPSA) is 64.6 Å². The van der Waals surface area contributed by atoms with E-state index < -0.39 is 0 Å². The maximum Gasteiger partial charge on any atom is 0.262 e. The van der Waals surface area contributed by atoms with Gasteiger partial charge in [0.2, 0.25) is 0 Å². The third kappa shape index (κ3) is 5.47. The molecule has 0 aliphatic rings. The first-order valence-electron chi connectivity index (χ1n) is 6.76. The minimum absolute atomic E-state index is 0. The van der Waals surface area contributed by atoms with Crippen molar-refractivity contribution in [2.24, 2.45) is 0 Å². The van der Waals surface area contributed by atoms with E-state index in [-0.39, 0.29) is 25.7 Å². The number of anilines is 1. The molecule has 1 N–H and O–H groups in total. The van der Waals surface area contributed by atoms with Gasteiger partial charge >= 0.3 is 0 Å². The average molecular weight is 315 g/mol. The van der Waals surface area contributed by atoms with E-state index in [1.165, 1.54) is 6.92 Å². The van der Waals surface area contributed by atoms with Crippen LogP contribution in [0.3, 0.4) is 0 Å². The molecule has 5 nitrogen and oxygen atoms in total. The molecule has 0 fully saturated rings. The van der Waals surface area contributed by atoms with Crippen LogP contribution in [0.5, 0.6) is 11.5 Å². The van der Waals surface area contributed by atoms with Crippen molar-refractivity contribution < 1.29 is 19.1 Å². The first-order valence-corrected chi connectivity index (χ1v) is 6.76. The molecular weight excluding hydrogens is 294 g/mol. The molecule has 0 heterocycles. The first-order chi connectivity index (χ1) is 10.6. The molecule has 2 aromatic rings. The molecule has 0 atom stereocenters. The molecule has 0 radical (unpaired) electrons. The Morgan fingerprint density at radius 2 is 1.52 bits per heavy atom. The third-order valence-electron chi connectivity index (χ3n) is 3.00. The quantitative estimate of drug-likeness (QED) is 0.828. The average Bonchev–Trinajstić information content (AvgIpc) is 2.54. The fraction of sp³-hybridized carbons (Fsp3) is 0.222. The minimum Gasteiger partial charge on any atom is -0.497 e. The summed E-state index contributed by atoms with van der Waals surface area (Å²) in [5, 5.41) is 2.70. The van der Waals surface area contributed by atoms with Crippen molar-refractivity contribution in [3.63, 3.8) is 0 Å². The van der Waals surface area contributed by atoms with Gasteiger partial charge < -0.3 is 14.8 Å². The summed E-state index contributed by atoms with van der Waals surface area (Å²) in [5.41, 5.74) is 1.22. The second-order valence-electron chi connectivity index (χ2n) is 4.65. The van der Waals surface area contributed by atoms with Crippen LogP contribution in [-0.2, 0) is 4.79 Å². The molecule has 5 heteroatoms. The molecule has 2 aromatic carbocycles. The predicted octanol–water partition coefficient (Wildman–Crippen LogP) is 3.55. The highest BCUT2D eigenvalue weighted by atomic mass is 16.5. The van der Waals surface area contributed by atoms with E-state index >= 15 is 0 Å². The summed E-state index contributed by atoms with van der Waals surface area (Å²) >= 11 is 0. The Morgan fingerprint density at radius 1 is 0.957 bits per heavy atom. The smallest absolute Gasteiger partial charge is 0.262 e. The van der Waals surface area contributed by atoms with Crippen molar-refractivity contribution in [1.82, 2.24) is 0 Å². The van der Waals surface area contributed by atoms with E-state index in [9.17, 15) is 9.59 Å². The monoisotopic (exact) mass is 315 g/mol. The first kappa shape index (κ1) is 18.2. The van der Waals surface area contributed by atoms with Crippen molar-refractivity contribution in [3.05, 3.63) is 54.1 Å². The van der Waals surface area contributed by atoms with Crippen LogP contribution in [0.25, 0.3) is 0 Å². The van der Waals surface area contributed by atoms with Gasteiger partial charge in [0, 0.05) is 11.3 Å². The zero-order valence-electron chi connectivity index (χ0n) is 12.5. The Kier molecular flexibility index (Phi) is 6.80. The number of carbonyl (C=O) groups is 2. The summed E-state index contributed by atoms with van der Waals surface area (Å²) in [6, 6.07) is 13.7. The van der Waals surface area contributed by atoms with Crippen LogP contribution in [0, 0.1) is 0 Å². The van der Waals surface area contributed by atoms with Gasteiger partial charge in [0.25, 0.3) is 5.91 Å². The SMILES string of the molecule is C.COc1ccc(OCC(=O)Nc2ccc(C(C)=O)cc2)cc1. The number of rotatable bonds is 6. The van der Waals surface area contributed by atoms with Crippen LogP contribution in [0.15, 0.2) is 48.5 Å². The van der Waals surface area contributed by atoms with Crippen LogP contribution in [0.1, 0.15) is 24.7 Å². The van der Waals surface area contributed by atoms with Crippen molar-refractivity contribution in [2.75, 3.05) is 19.0 Å². The number of benzene rings is 2. The van der Waals surface area contributed by atoms with Crippen molar-refractivity contribution in [1.29, 1.82) is 0 Å². The fourth-order valence-corrected chi connectivity index (χ4v) is 1.81. The Morgan fingerprint density at radius 3 is 2.04 bits per heavy atom. The summed E-state index contributed by atoms with van der Waals surface area (Å²) in [6.07, 6.45) is 0. The maximum absolute atomic E-state index is 11.8. The van der Waals surface area contributed by atoms with Crippen LogP contribution < -0.4 is 14.8 Å². The lowest BCUT2D eigenvalue weighted by Gasteiger charge is -2.08. The summed E-state index contributed by atoms with van der Waals surface area (Å²) < 4.78 is 10.4. The molecule has 122 valence electrons. The van der Waals surface area contributed by atoms with Crippen LogP contribution in [0.2, 0.25) is 0 Å². The van der Waals surface area contributed by atoms with Crippen molar-refractivity contribution >= 4 is 17.4 Å². The van der Waals surface area contributed by atoms with E-state index in [2.05, 4.69) is 5.32 Å². The number of amides is 1. The third-order valence-corrected chi connectivity index (χ3v) is 3.00. The molecule has 0 aromatic heterocycles. The van der Waals surface area contributed by atoms with Crippen molar-refractivity contribution in [2.45, 2.75) is 14.4 Å². The predicted molar refractivity (Wildman–Crippen MR) is 90.3 cm³/mol. The number of hydrogen-bond donors (Lipinski definition) is 1. The highest BCUT2D eigenvalue weighted by molar-refractivity contribution is 5.95. The zero-order chi connectivity index (χ0) is 15.9. The Bertz CT molecular complexity index is 648. The highest BCUT2D eigenvalue weighted by Gasteiger charge is 2.05. The lowest BCUT2D eigenvalue weighted by Crippen LogP contribution is -2.20. The second-order valence-corrected chi connectivity index (χ2v) is 4.65. The van der Waals surface area contributed by atoms with E-state index in [0.29, 0.717) is 17.0 Å². The zero-order valence-corrected chi connectivity index (χ0v) is 12.5. The number of nitrogens with one attached hydrogen (secondary N) is 1. The van der Waals surface area contributed by atoms with Crippen LogP contribution in [0.4, 0.5) is 5.69 Å². The summed E-state index contributed by atoms with van der Waals surface area (Å²) in [5.74, 6) is 1.03. The standard InChI is InChI=1S/C17H17NO4.CH4/c1-12(19)13-3-5-14(6-4-13)18-17(20)11-22-16-9-7-15(21-2)8-10-16;/h3-10H,11H2,1-2H3,(H,18,20);1H4. The summed E-state index contributed by atoms with van der Waals surface area (Å²) in [7, 11) is 1.58. The normalized spacial score (nSPS) is 9.48. The molecule has 0 saturated heterocycles.